The predicted octanol–water partition coefficient (Wildman–Crippen LogP) is 2.60. The first-order valence-corrected chi connectivity index (χ1v) is 12.6. The molecule has 1 saturated carbocycles. The van der Waals surface area contributed by atoms with Gasteiger partial charge in [-0.05, 0) is 69.3 Å². The van der Waals surface area contributed by atoms with Gasteiger partial charge in [-0.3, -0.25) is 14.5 Å². The van der Waals surface area contributed by atoms with Gasteiger partial charge in [0.25, 0.3) is 0 Å². The number of carboxylic acids is 2. The molecule has 1 saturated heterocycles. The molecule has 10 nitrogen and oxygen atoms in total. The van der Waals surface area contributed by atoms with Crippen molar-refractivity contribution in [3.63, 3.8) is 0 Å². The van der Waals surface area contributed by atoms with E-state index in [-0.39, 0.29) is 6.61 Å². The minimum absolute atomic E-state index is 0.0148. The summed E-state index contributed by atoms with van der Waals surface area (Å²) in [7, 11) is 1.56. The molecule has 202 valence electrons. The number of hydrogen-bond acceptors (Lipinski definition) is 8. The van der Waals surface area contributed by atoms with Crippen molar-refractivity contribution in [2.75, 3.05) is 26.8 Å². The van der Waals surface area contributed by atoms with E-state index in [0.29, 0.717) is 24.3 Å². The van der Waals surface area contributed by atoms with Crippen LogP contribution in [-0.4, -0.2) is 76.1 Å². The molecule has 0 spiro atoms. The fraction of sp³-hybridized carbons (Fsp3) is 0.593. The molecule has 2 fully saturated rings. The Balaban J connectivity index is 1.67. The summed E-state index contributed by atoms with van der Waals surface area (Å²) in [5, 5.41) is 28.4. The van der Waals surface area contributed by atoms with Crippen LogP contribution in [0.2, 0.25) is 0 Å². The van der Waals surface area contributed by atoms with E-state index in [4.69, 9.17) is 19.3 Å². The molecule has 1 atom stereocenters. The molecule has 2 aliphatic rings. The third-order valence-electron chi connectivity index (χ3n) is 6.70. The Labute approximate surface area is 216 Å². The van der Waals surface area contributed by atoms with E-state index < -0.39 is 42.0 Å². The van der Waals surface area contributed by atoms with Crippen molar-refractivity contribution < 1.29 is 43.9 Å². The van der Waals surface area contributed by atoms with Crippen LogP contribution in [0.4, 0.5) is 0 Å². The van der Waals surface area contributed by atoms with Crippen LogP contribution in [0.5, 0.6) is 11.5 Å². The van der Waals surface area contributed by atoms with E-state index in [0.717, 1.165) is 44.5 Å². The van der Waals surface area contributed by atoms with Gasteiger partial charge < -0.3 is 29.5 Å². The molecular formula is C27H35NO9. The zero-order valence-corrected chi connectivity index (χ0v) is 21.2. The van der Waals surface area contributed by atoms with Crippen molar-refractivity contribution in [2.45, 2.75) is 75.5 Å². The number of aliphatic carboxylic acids is 2. The Kier molecular flexibility index (Phi) is 9.78. The zero-order valence-electron chi connectivity index (χ0n) is 21.2. The number of rotatable bonds is 11. The number of carboxylic acid groups (broad SMARTS) is 2. The van der Waals surface area contributed by atoms with Crippen molar-refractivity contribution in [3.8, 4) is 23.3 Å². The number of ether oxygens (including phenoxy) is 3. The van der Waals surface area contributed by atoms with Crippen LogP contribution in [0.15, 0.2) is 18.2 Å². The molecule has 1 aliphatic heterocycles. The minimum atomic E-state index is -2.76. The lowest BCUT2D eigenvalue weighted by atomic mass is 9.85. The van der Waals surface area contributed by atoms with Crippen LogP contribution < -0.4 is 9.47 Å². The SMILES string of the molecule is COc1ccc(CN2CCCC2)cc1OCC#CC1(OC(=O)CC(O)(CC(=O)O)C(=O)O)CCCCC1. The second kappa shape index (κ2) is 12.8. The average molecular weight is 518 g/mol. The van der Waals surface area contributed by atoms with Gasteiger partial charge in [0.2, 0.25) is 0 Å². The molecule has 3 rings (SSSR count). The Morgan fingerprint density at radius 3 is 2.35 bits per heavy atom. The molecular weight excluding hydrogens is 482 g/mol. The molecule has 1 aromatic carbocycles. The molecule has 1 heterocycles. The molecule has 1 unspecified atom stereocenters. The number of methoxy groups -OCH3 is 1. The lowest BCUT2D eigenvalue weighted by molar-refractivity contribution is -0.176. The van der Waals surface area contributed by atoms with Gasteiger partial charge in [0.05, 0.1) is 20.0 Å². The third-order valence-corrected chi connectivity index (χ3v) is 6.70. The molecule has 0 radical (unpaired) electrons. The van der Waals surface area contributed by atoms with Crippen molar-refractivity contribution in [1.82, 2.24) is 4.90 Å². The highest BCUT2D eigenvalue weighted by Gasteiger charge is 2.43. The van der Waals surface area contributed by atoms with Gasteiger partial charge in [-0.1, -0.05) is 24.3 Å². The Morgan fingerprint density at radius 1 is 1.03 bits per heavy atom. The number of hydrogen-bond donors (Lipinski definition) is 3. The molecule has 0 amide bonds. The number of benzene rings is 1. The van der Waals surface area contributed by atoms with E-state index in [1.807, 2.05) is 18.2 Å². The van der Waals surface area contributed by atoms with E-state index >= 15 is 0 Å². The smallest absolute Gasteiger partial charge is 0.336 e. The van der Waals surface area contributed by atoms with E-state index in [2.05, 4.69) is 16.7 Å². The molecule has 37 heavy (non-hydrogen) atoms. The summed E-state index contributed by atoms with van der Waals surface area (Å²) >= 11 is 0. The summed E-state index contributed by atoms with van der Waals surface area (Å²) in [6, 6.07) is 5.80. The molecule has 1 aliphatic carbocycles. The maximum absolute atomic E-state index is 12.6. The zero-order chi connectivity index (χ0) is 26.9. The highest BCUT2D eigenvalue weighted by molar-refractivity contribution is 5.88. The van der Waals surface area contributed by atoms with Crippen molar-refractivity contribution in [2.24, 2.45) is 0 Å². The fourth-order valence-electron chi connectivity index (χ4n) is 4.77. The average Bonchev–Trinajstić information content (AvgIpc) is 3.35. The van der Waals surface area contributed by atoms with Crippen molar-refractivity contribution in [3.05, 3.63) is 23.8 Å². The van der Waals surface area contributed by atoms with Gasteiger partial charge in [0.1, 0.15) is 6.61 Å². The Bertz CT molecular complexity index is 1030. The molecule has 3 N–H and O–H groups in total. The fourth-order valence-corrected chi connectivity index (χ4v) is 4.77. The number of aliphatic hydroxyl groups is 1. The first kappa shape index (κ1) is 28.3. The Hall–Kier alpha value is -3.29. The molecule has 1 aromatic rings. The minimum Gasteiger partial charge on any atom is -0.493 e. The van der Waals surface area contributed by atoms with Crippen LogP contribution in [0.3, 0.4) is 0 Å². The third kappa shape index (κ3) is 8.10. The summed E-state index contributed by atoms with van der Waals surface area (Å²) in [6.07, 6.45) is 3.65. The highest BCUT2D eigenvalue weighted by atomic mass is 16.6. The maximum atomic E-state index is 12.6. The summed E-state index contributed by atoms with van der Waals surface area (Å²) in [5.74, 6) is 2.70. The van der Waals surface area contributed by atoms with Crippen LogP contribution in [-0.2, 0) is 25.7 Å². The summed E-state index contributed by atoms with van der Waals surface area (Å²) < 4.78 is 16.9. The first-order valence-electron chi connectivity index (χ1n) is 12.6. The van der Waals surface area contributed by atoms with Crippen molar-refractivity contribution in [1.29, 1.82) is 0 Å². The van der Waals surface area contributed by atoms with Gasteiger partial charge in [-0.2, -0.15) is 0 Å². The van der Waals surface area contributed by atoms with Crippen molar-refractivity contribution >= 4 is 17.9 Å². The normalized spacial score (nSPS) is 18.6. The molecule has 0 bridgehead atoms. The van der Waals surface area contributed by atoms with Gasteiger partial charge >= 0.3 is 17.9 Å². The first-order chi connectivity index (χ1) is 17.6. The lowest BCUT2D eigenvalue weighted by Crippen LogP contribution is -2.45. The van der Waals surface area contributed by atoms with Gasteiger partial charge in [-0.15, -0.1) is 0 Å². The van der Waals surface area contributed by atoms with Crippen LogP contribution >= 0.6 is 0 Å². The van der Waals surface area contributed by atoms with E-state index in [1.54, 1.807) is 7.11 Å². The van der Waals surface area contributed by atoms with Crippen LogP contribution in [0.1, 0.15) is 63.4 Å². The number of nitrogens with zero attached hydrogens (tertiary/aromatic N) is 1. The highest BCUT2D eigenvalue weighted by Crippen LogP contribution is 2.33. The predicted molar refractivity (Wildman–Crippen MR) is 132 cm³/mol. The van der Waals surface area contributed by atoms with E-state index in [1.165, 1.54) is 12.8 Å². The maximum Gasteiger partial charge on any atom is 0.336 e. The quantitative estimate of drug-likeness (QED) is 0.296. The monoisotopic (exact) mass is 517 g/mol. The van der Waals surface area contributed by atoms with Gasteiger partial charge in [0, 0.05) is 6.54 Å². The number of carbonyl (C=O) groups is 3. The number of carbonyl (C=O) groups excluding carboxylic acids is 1. The number of esters is 1. The van der Waals surface area contributed by atoms with Crippen LogP contribution in [0, 0.1) is 11.8 Å². The second-order valence-corrected chi connectivity index (χ2v) is 9.67. The Morgan fingerprint density at radius 2 is 1.73 bits per heavy atom. The van der Waals surface area contributed by atoms with Gasteiger partial charge in [-0.25, -0.2) is 4.79 Å². The van der Waals surface area contributed by atoms with Gasteiger partial charge in [0.15, 0.2) is 22.7 Å². The summed E-state index contributed by atoms with van der Waals surface area (Å²) in [5.41, 5.74) is -2.80. The summed E-state index contributed by atoms with van der Waals surface area (Å²) in [4.78, 5) is 37.3. The number of likely N-dealkylation sites (tertiary alicyclic amines) is 1. The van der Waals surface area contributed by atoms with E-state index in [9.17, 15) is 24.6 Å². The second-order valence-electron chi connectivity index (χ2n) is 9.67. The summed E-state index contributed by atoms with van der Waals surface area (Å²) in [6.45, 7) is 3.00. The van der Waals surface area contributed by atoms with Crippen LogP contribution in [0.25, 0.3) is 0 Å². The molecule has 10 heteroatoms. The standard InChI is InChI=1S/C27H35NO9/c1-35-21-9-8-20(19-28-13-5-6-14-28)16-22(21)36-15-7-12-26(10-3-2-4-11-26)37-24(31)18-27(34,25(32)33)17-23(29)30/h8-9,16,34H,2-6,10-11,13-15,17-19H2,1H3,(H,29,30)(H,32,33). The molecule has 0 aromatic heterocycles. The lowest BCUT2D eigenvalue weighted by Gasteiger charge is -2.33. The largest absolute Gasteiger partial charge is 0.493 e. The topological polar surface area (TPSA) is 143 Å².